The van der Waals surface area contributed by atoms with Gasteiger partial charge >= 0.3 is 0 Å². The first kappa shape index (κ1) is 9.62. The molecule has 1 aromatic rings. The van der Waals surface area contributed by atoms with Crippen molar-refractivity contribution in [3.63, 3.8) is 0 Å². The average Bonchev–Trinajstić information content (AvgIpc) is 2.19. The zero-order valence-electron chi connectivity index (χ0n) is 8.22. The maximum absolute atomic E-state index is 13.5. The maximum Gasteiger partial charge on any atom is 0.128 e. The van der Waals surface area contributed by atoms with Gasteiger partial charge in [-0.05, 0) is 24.6 Å². The second kappa shape index (κ2) is 4.07. The number of benzene rings is 1. The molecule has 1 atom stereocenters. The first-order valence-corrected chi connectivity index (χ1v) is 4.82. The first-order chi connectivity index (χ1) is 6.83. The Kier molecular flexibility index (Phi) is 2.79. The van der Waals surface area contributed by atoms with Crippen molar-refractivity contribution in [2.24, 2.45) is 0 Å². The van der Waals surface area contributed by atoms with Crippen LogP contribution in [-0.4, -0.2) is 20.3 Å². The van der Waals surface area contributed by atoms with Gasteiger partial charge in [-0.3, -0.25) is 0 Å². The quantitative estimate of drug-likeness (QED) is 0.775. The molecule has 0 fully saturated rings. The smallest absolute Gasteiger partial charge is 0.128 e. The van der Waals surface area contributed by atoms with E-state index >= 15 is 0 Å². The molecule has 1 aliphatic heterocycles. The predicted octanol–water partition coefficient (Wildman–Crippen LogP) is 1.66. The molecule has 76 valence electrons. The Labute approximate surface area is 83.1 Å². The summed E-state index contributed by atoms with van der Waals surface area (Å²) >= 11 is 0. The van der Waals surface area contributed by atoms with E-state index in [1.807, 2.05) is 6.07 Å². The van der Waals surface area contributed by atoms with Gasteiger partial charge in [0.05, 0.1) is 12.6 Å². The lowest BCUT2D eigenvalue weighted by Gasteiger charge is -2.26. The lowest BCUT2D eigenvalue weighted by Crippen LogP contribution is -2.33. The molecule has 0 aliphatic carbocycles. The van der Waals surface area contributed by atoms with Crippen LogP contribution in [0, 0.1) is 5.82 Å². The third-order valence-electron chi connectivity index (χ3n) is 2.61. The Bertz CT molecular complexity index is 327. The monoisotopic (exact) mass is 195 g/mol. The number of ether oxygens (including phenoxy) is 1. The Balaban J connectivity index is 2.36. The van der Waals surface area contributed by atoms with Gasteiger partial charge in [-0.15, -0.1) is 0 Å². The normalized spacial score (nSPS) is 20.6. The van der Waals surface area contributed by atoms with Crippen molar-refractivity contribution in [2.45, 2.75) is 12.5 Å². The van der Waals surface area contributed by atoms with Crippen LogP contribution in [-0.2, 0) is 11.2 Å². The second-order valence-corrected chi connectivity index (χ2v) is 3.52. The van der Waals surface area contributed by atoms with Crippen molar-refractivity contribution in [3.05, 3.63) is 35.1 Å². The molecule has 0 saturated heterocycles. The molecule has 1 N–H and O–H groups in total. The molecule has 2 nitrogen and oxygen atoms in total. The van der Waals surface area contributed by atoms with Gasteiger partial charge in [0.1, 0.15) is 5.82 Å². The minimum absolute atomic E-state index is 0.00458. The van der Waals surface area contributed by atoms with Crippen LogP contribution in [0.1, 0.15) is 17.2 Å². The van der Waals surface area contributed by atoms with Gasteiger partial charge in [0.25, 0.3) is 0 Å². The van der Waals surface area contributed by atoms with E-state index in [0.29, 0.717) is 6.61 Å². The molecule has 1 heterocycles. The highest BCUT2D eigenvalue weighted by molar-refractivity contribution is 5.33. The fourth-order valence-corrected chi connectivity index (χ4v) is 1.98. The van der Waals surface area contributed by atoms with Crippen LogP contribution in [0.2, 0.25) is 0 Å². The van der Waals surface area contributed by atoms with Crippen LogP contribution in [0.4, 0.5) is 4.39 Å². The van der Waals surface area contributed by atoms with Crippen molar-refractivity contribution in [2.75, 3.05) is 20.3 Å². The summed E-state index contributed by atoms with van der Waals surface area (Å²) in [5.74, 6) is -0.128. The summed E-state index contributed by atoms with van der Waals surface area (Å²) in [5.41, 5.74) is 1.88. The summed E-state index contributed by atoms with van der Waals surface area (Å²) < 4.78 is 18.6. The van der Waals surface area contributed by atoms with Gasteiger partial charge in [-0.1, -0.05) is 12.1 Å². The predicted molar refractivity (Wildman–Crippen MR) is 52.7 cm³/mol. The largest absolute Gasteiger partial charge is 0.383 e. The highest BCUT2D eigenvalue weighted by atomic mass is 19.1. The molecule has 1 unspecified atom stereocenters. The van der Waals surface area contributed by atoms with E-state index in [1.165, 1.54) is 6.07 Å². The molecular formula is C11H14FNO. The Morgan fingerprint density at radius 2 is 2.43 bits per heavy atom. The average molecular weight is 195 g/mol. The van der Waals surface area contributed by atoms with Gasteiger partial charge in [-0.2, -0.15) is 0 Å². The van der Waals surface area contributed by atoms with Crippen molar-refractivity contribution in [3.8, 4) is 0 Å². The number of methoxy groups -OCH3 is 1. The molecule has 0 aromatic heterocycles. The van der Waals surface area contributed by atoms with E-state index in [1.54, 1.807) is 13.2 Å². The van der Waals surface area contributed by atoms with Gasteiger partial charge < -0.3 is 10.1 Å². The van der Waals surface area contributed by atoms with Crippen LogP contribution in [0.15, 0.2) is 18.2 Å². The van der Waals surface area contributed by atoms with Gasteiger partial charge in [0.2, 0.25) is 0 Å². The van der Waals surface area contributed by atoms with Crippen LogP contribution in [0.5, 0.6) is 0 Å². The van der Waals surface area contributed by atoms with Gasteiger partial charge in [0.15, 0.2) is 0 Å². The third kappa shape index (κ3) is 1.65. The van der Waals surface area contributed by atoms with Crippen molar-refractivity contribution >= 4 is 0 Å². The standard InChI is InChI=1S/C11H14FNO/c1-14-7-10-11-8(5-6-13-10)3-2-4-9(11)12/h2-4,10,13H,5-7H2,1H3. The van der Waals surface area contributed by atoms with Crippen LogP contribution in [0.3, 0.4) is 0 Å². The van der Waals surface area contributed by atoms with E-state index in [-0.39, 0.29) is 11.9 Å². The fraction of sp³-hybridized carbons (Fsp3) is 0.455. The fourth-order valence-electron chi connectivity index (χ4n) is 1.98. The third-order valence-corrected chi connectivity index (χ3v) is 2.61. The highest BCUT2D eigenvalue weighted by Gasteiger charge is 2.22. The zero-order valence-corrected chi connectivity index (χ0v) is 8.22. The molecule has 3 heteroatoms. The van der Waals surface area contributed by atoms with Crippen molar-refractivity contribution in [1.82, 2.24) is 5.32 Å². The molecule has 0 saturated carbocycles. The molecule has 0 amide bonds. The molecular weight excluding hydrogens is 181 g/mol. The topological polar surface area (TPSA) is 21.3 Å². The number of halogens is 1. The summed E-state index contributed by atoms with van der Waals surface area (Å²) in [6.07, 6.45) is 0.896. The Hall–Kier alpha value is -0.930. The summed E-state index contributed by atoms with van der Waals surface area (Å²) in [6.45, 7) is 1.42. The number of hydrogen-bond donors (Lipinski definition) is 1. The van der Waals surface area contributed by atoms with E-state index in [2.05, 4.69) is 5.32 Å². The summed E-state index contributed by atoms with van der Waals surface area (Å²) in [6, 6.07) is 5.27. The molecule has 0 bridgehead atoms. The molecule has 14 heavy (non-hydrogen) atoms. The zero-order chi connectivity index (χ0) is 9.97. The lowest BCUT2D eigenvalue weighted by atomic mass is 9.94. The van der Waals surface area contributed by atoms with Crippen LogP contribution < -0.4 is 5.32 Å². The van der Waals surface area contributed by atoms with E-state index in [0.717, 1.165) is 24.1 Å². The SMILES string of the molecule is COCC1NCCc2cccc(F)c21. The number of hydrogen-bond acceptors (Lipinski definition) is 2. The molecule has 1 aliphatic rings. The minimum Gasteiger partial charge on any atom is -0.383 e. The summed E-state index contributed by atoms with van der Waals surface area (Å²) in [4.78, 5) is 0. The minimum atomic E-state index is -0.128. The first-order valence-electron chi connectivity index (χ1n) is 4.82. The molecule has 2 rings (SSSR count). The summed E-state index contributed by atoms with van der Waals surface area (Å²) in [5, 5.41) is 3.25. The Morgan fingerprint density at radius 1 is 1.57 bits per heavy atom. The van der Waals surface area contributed by atoms with Crippen molar-refractivity contribution < 1.29 is 9.13 Å². The lowest BCUT2D eigenvalue weighted by molar-refractivity contribution is 0.162. The van der Waals surface area contributed by atoms with Crippen LogP contribution >= 0.6 is 0 Å². The second-order valence-electron chi connectivity index (χ2n) is 3.52. The number of fused-ring (bicyclic) bond motifs is 1. The number of rotatable bonds is 2. The van der Waals surface area contributed by atoms with E-state index in [4.69, 9.17) is 4.74 Å². The van der Waals surface area contributed by atoms with Crippen LogP contribution in [0.25, 0.3) is 0 Å². The highest BCUT2D eigenvalue weighted by Crippen LogP contribution is 2.25. The van der Waals surface area contributed by atoms with Crippen molar-refractivity contribution in [1.29, 1.82) is 0 Å². The summed E-state index contributed by atoms with van der Waals surface area (Å²) in [7, 11) is 1.64. The van der Waals surface area contributed by atoms with E-state index < -0.39 is 0 Å². The maximum atomic E-state index is 13.5. The van der Waals surface area contributed by atoms with Gasteiger partial charge in [-0.25, -0.2) is 4.39 Å². The van der Waals surface area contributed by atoms with Gasteiger partial charge in [0, 0.05) is 12.7 Å². The van der Waals surface area contributed by atoms with E-state index in [9.17, 15) is 4.39 Å². The molecule has 0 radical (unpaired) electrons. The molecule has 1 aromatic carbocycles. The molecule has 0 spiro atoms. The Morgan fingerprint density at radius 3 is 3.21 bits per heavy atom. The number of nitrogens with one attached hydrogen (secondary N) is 1.